The maximum absolute atomic E-state index is 13.8. The van der Waals surface area contributed by atoms with Gasteiger partial charge in [-0.3, -0.25) is 4.79 Å². The van der Waals surface area contributed by atoms with Crippen molar-refractivity contribution in [3.05, 3.63) is 28.0 Å². The van der Waals surface area contributed by atoms with Gasteiger partial charge in [0, 0.05) is 4.47 Å². The molecule has 0 saturated carbocycles. The van der Waals surface area contributed by atoms with E-state index in [0.29, 0.717) is 0 Å². The molecule has 0 unspecified atom stereocenters. The van der Waals surface area contributed by atoms with Gasteiger partial charge in [0.25, 0.3) is 0 Å². The smallest absolute Gasteiger partial charge is 0.322 e. The molecule has 0 aliphatic heterocycles. The normalized spacial score (nSPS) is 13.0. The molecule has 0 aliphatic rings. The summed E-state index contributed by atoms with van der Waals surface area (Å²) < 4.78 is 40.1. The molecule has 1 aromatic carbocycles. The molecular formula is C12H12BrFN2O4S. The summed E-state index contributed by atoms with van der Waals surface area (Å²) in [5.41, 5.74) is -0.0647. The lowest BCUT2D eigenvalue weighted by Crippen LogP contribution is -2.44. The lowest BCUT2D eigenvalue weighted by Gasteiger charge is -2.18. The molecule has 0 heterocycles. The highest BCUT2D eigenvalue weighted by molar-refractivity contribution is 9.10. The second-order valence-electron chi connectivity index (χ2n) is 4.56. The molecule has 1 rings (SSSR count). The number of aliphatic carboxylic acids is 1. The van der Waals surface area contributed by atoms with Crippen molar-refractivity contribution in [3.8, 4) is 6.07 Å². The molecule has 0 amide bonds. The second-order valence-corrected chi connectivity index (χ2v) is 7.09. The van der Waals surface area contributed by atoms with Crippen molar-refractivity contribution in [3.63, 3.8) is 0 Å². The predicted molar refractivity (Wildman–Crippen MR) is 75.4 cm³/mol. The molecule has 6 nitrogen and oxygen atoms in total. The Morgan fingerprint density at radius 3 is 2.48 bits per heavy atom. The summed E-state index contributed by atoms with van der Waals surface area (Å²) >= 11 is 2.96. The van der Waals surface area contributed by atoms with Gasteiger partial charge >= 0.3 is 5.97 Å². The predicted octanol–water partition coefficient (Wildman–Crippen LogP) is 1.85. The van der Waals surface area contributed by atoms with Gasteiger partial charge in [-0.15, -0.1) is 0 Å². The first-order valence-electron chi connectivity index (χ1n) is 5.74. The van der Waals surface area contributed by atoms with E-state index in [4.69, 9.17) is 10.4 Å². The number of sulfonamides is 1. The molecule has 9 heteroatoms. The molecule has 0 aliphatic carbocycles. The Kier molecular flexibility index (Phi) is 5.44. The third-order valence-electron chi connectivity index (χ3n) is 2.65. The minimum atomic E-state index is -4.37. The van der Waals surface area contributed by atoms with Gasteiger partial charge in [-0.25, -0.2) is 12.8 Å². The number of carboxylic acid groups (broad SMARTS) is 1. The molecule has 21 heavy (non-hydrogen) atoms. The molecule has 1 atom stereocenters. The first-order chi connectivity index (χ1) is 9.60. The van der Waals surface area contributed by atoms with Gasteiger partial charge < -0.3 is 5.11 Å². The number of hydrogen-bond acceptors (Lipinski definition) is 4. The van der Waals surface area contributed by atoms with Crippen LogP contribution in [0.3, 0.4) is 0 Å². The van der Waals surface area contributed by atoms with Crippen molar-refractivity contribution >= 4 is 31.9 Å². The molecule has 0 radical (unpaired) electrons. The second kappa shape index (κ2) is 6.51. The number of nitrogens with one attached hydrogen (secondary N) is 1. The van der Waals surface area contributed by atoms with Gasteiger partial charge in [0.15, 0.2) is 0 Å². The highest BCUT2D eigenvalue weighted by Crippen LogP contribution is 2.24. The zero-order valence-corrected chi connectivity index (χ0v) is 13.5. The Balaban J connectivity index is 3.29. The van der Waals surface area contributed by atoms with E-state index in [2.05, 4.69) is 15.9 Å². The Morgan fingerprint density at radius 2 is 2.05 bits per heavy atom. The fraction of sp³-hybridized carbons (Fsp3) is 0.333. The van der Waals surface area contributed by atoms with Gasteiger partial charge in [0.1, 0.15) is 22.8 Å². The van der Waals surface area contributed by atoms with Gasteiger partial charge in [-0.05, 0) is 34.0 Å². The molecule has 0 saturated heterocycles. The first-order valence-corrected chi connectivity index (χ1v) is 8.02. The van der Waals surface area contributed by atoms with Crippen molar-refractivity contribution in [2.75, 3.05) is 0 Å². The van der Waals surface area contributed by atoms with Crippen LogP contribution in [0.1, 0.15) is 19.4 Å². The van der Waals surface area contributed by atoms with Crippen LogP contribution in [-0.4, -0.2) is 25.5 Å². The van der Waals surface area contributed by atoms with Crippen LogP contribution in [0, 0.1) is 23.1 Å². The third kappa shape index (κ3) is 4.00. The summed E-state index contributed by atoms with van der Waals surface area (Å²) in [6.07, 6.45) is 0. The molecule has 2 N–H and O–H groups in total. The standard InChI is InChI=1S/C12H12BrFN2O4S/c1-6(2)11(12(17)18)16-21(19,20)10-4-8(13)7(5-15)3-9(10)14/h3-4,6,11,16H,1-2H3,(H,17,18)/t11-/m1/s1. The Labute approximate surface area is 129 Å². The lowest BCUT2D eigenvalue weighted by molar-refractivity contribution is -0.140. The Bertz CT molecular complexity index is 713. The largest absolute Gasteiger partial charge is 0.480 e. The summed E-state index contributed by atoms with van der Waals surface area (Å²) in [4.78, 5) is 10.3. The topological polar surface area (TPSA) is 107 Å². The number of nitriles is 1. The van der Waals surface area contributed by atoms with Crippen LogP contribution in [0.25, 0.3) is 0 Å². The van der Waals surface area contributed by atoms with Crippen molar-refractivity contribution in [1.82, 2.24) is 4.72 Å². The van der Waals surface area contributed by atoms with Crippen molar-refractivity contribution in [2.45, 2.75) is 24.8 Å². The minimum absolute atomic E-state index is 0.0647. The van der Waals surface area contributed by atoms with Crippen LogP contribution in [0.5, 0.6) is 0 Å². The summed E-state index contributed by atoms with van der Waals surface area (Å²) in [7, 11) is -4.37. The van der Waals surface area contributed by atoms with Crippen molar-refractivity contribution in [1.29, 1.82) is 5.26 Å². The molecule has 0 spiro atoms. The molecule has 0 aromatic heterocycles. The first kappa shape index (κ1) is 17.6. The van der Waals surface area contributed by atoms with E-state index < -0.39 is 38.7 Å². The van der Waals surface area contributed by atoms with Crippen LogP contribution in [0.15, 0.2) is 21.5 Å². The van der Waals surface area contributed by atoms with Gasteiger partial charge in [-0.1, -0.05) is 13.8 Å². The molecule has 114 valence electrons. The third-order valence-corrected chi connectivity index (χ3v) is 4.76. The fourth-order valence-electron chi connectivity index (χ4n) is 1.52. The molecular weight excluding hydrogens is 367 g/mol. The van der Waals surface area contributed by atoms with E-state index in [-0.39, 0.29) is 10.0 Å². The zero-order chi connectivity index (χ0) is 16.4. The number of halogens is 2. The lowest BCUT2D eigenvalue weighted by atomic mass is 10.1. The summed E-state index contributed by atoms with van der Waals surface area (Å²) in [5, 5.41) is 17.7. The molecule has 0 fully saturated rings. The maximum atomic E-state index is 13.8. The van der Waals surface area contributed by atoms with Crippen LogP contribution in [0.4, 0.5) is 4.39 Å². The number of nitrogens with zero attached hydrogens (tertiary/aromatic N) is 1. The fourth-order valence-corrected chi connectivity index (χ4v) is 3.53. The van der Waals surface area contributed by atoms with Crippen molar-refractivity contribution in [2.24, 2.45) is 5.92 Å². The van der Waals surface area contributed by atoms with Crippen molar-refractivity contribution < 1.29 is 22.7 Å². The van der Waals surface area contributed by atoms with Crippen LogP contribution < -0.4 is 4.72 Å². The van der Waals surface area contributed by atoms with E-state index in [1.165, 1.54) is 13.8 Å². The quantitative estimate of drug-likeness (QED) is 0.812. The van der Waals surface area contributed by atoms with E-state index in [9.17, 15) is 17.6 Å². The number of carboxylic acids is 1. The maximum Gasteiger partial charge on any atom is 0.322 e. The van der Waals surface area contributed by atoms with Gasteiger partial charge in [0.2, 0.25) is 10.0 Å². The Hall–Kier alpha value is -1.50. The minimum Gasteiger partial charge on any atom is -0.480 e. The highest BCUT2D eigenvalue weighted by atomic mass is 79.9. The van der Waals surface area contributed by atoms with E-state index >= 15 is 0 Å². The van der Waals surface area contributed by atoms with E-state index in [1.54, 1.807) is 6.07 Å². The summed E-state index contributed by atoms with van der Waals surface area (Å²) in [5.74, 6) is -3.01. The van der Waals surface area contributed by atoms with E-state index in [1.807, 2.05) is 4.72 Å². The monoisotopic (exact) mass is 378 g/mol. The highest BCUT2D eigenvalue weighted by Gasteiger charge is 2.30. The number of hydrogen-bond donors (Lipinski definition) is 2. The summed E-state index contributed by atoms with van der Waals surface area (Å²) in [6, 6.07) is 2.00. The Morgan fingerprint density at radius 1 is 1.48 bits per heavy atom. The average Bonchev–Trinajstić information content (AvgIpc) is 2.37. The number of carbonyl (C=O) groups is 1. The zero-order valence-electron chi connectivity index (χ0n) is 11.1. The van der Waals surface area contributed by atoms with Crippen LogP contribution in [0.2, 0.25) is 0 Å². The molecule has 1 aromatic rings. The van der Waals surface area contributed by atoms with Crippen LogP contribution in [-0.2, 0) is 14.8 Å². The number of rotatable bonds is 5. The summed E-state index contributed by atoms with van der Waals surface area (Å²) in [6.45, 7) is 3.04. The number of benzene rings is 1. The SMILES string of the molecule is CC(C)[C@@H](NS(=O)(=O)c1cc(Br)c(C#N)cc1F)C(=O)O. The van der Waals surface area contributed by atoms with Gasteiger partial charge in [-0.2, -0.15) is 9.98 Å². The molecule has 0 bridgehead atoms. The average molecular weight is 379 g/mol. The van der Waals surface area contributed by atoms with Gasteiger partial charge in [0.05, 0.1) is 5.56 Å². The van der Waals surface area contributed by atoms with E-state index in [0.717, 1.165) is 12.1 Å². The van der Waals surface area contributed by atoms with Crippen LogP contribution >= 0.6 is 15.9 Å².